The summed E-state index contributed by atoms with van der Waals surface area (Å²) >= 11 is 7.16. The quantitative estimate of drug-likeness (QED) is 0.387. The van der Waals surface area contributed by atoms with E-state index in [1.807, 2.05) is 24.3 Å². The number of carbonyl (C=O) groups is 2. The second kappa shape index (κ2) is 10.7. The van der Waals surface area contributed by atoms with Crippen molar-refractivity contribution in [1.82, 2.24) is 14.9 Å². The highest BCUT2D eigenvalue weighted by molar-refractivity contribution is 7.99. The molecule has 168 valence electrons. The topological polar surface area (TPSA) is 90.3 Å². The lowest BCUT2D eigenvalue weighted by Crippen LogP contribution is -2.32. The van der Waals surface area contributed by atoms with E-state index in [1.54, 1.807) is 25.1 Å². The number of alkyl carbamates (subject to hydrolysis) is 1. The average Bonchev–Trinajstić information content (AvgIpc) is 2.78. The molecule has 2 amide bonds. The van der Waals surface area contributed by atoms with Gasteiger partial charge in [0.25, 0.3) is 5.56 Å². The number of halogens is 1. The summed E-state index contributed by atoms with van der Waals surface area (Å²) in [6.07, 6.45) is 0.198. The fourth-order valence-electron chi connectivity index (χ4n) is 3.10. The maximum Gasteiger partial charge on any atom is 0.413 e. The van der Waals surface area contributed by atoms with E-state index in [1.165, 1.54) is 10.1 Å². The largest absolute Gasteiger partial charge is 0.450 e. The molecule has 0 fully saturated rings. The van der Waals surface area contributed by atoms with E-state index in [4.69, 9.17) is 16.3 Å². The number of benzene rings is 2. The van der Waals surface area contributed by atoms with Gasteiger partial charge < -0.3 is 4.74 Å². The summed E-state index contributed by atoms with van der Waals surface area (Å²) < 4.78 is 6.18. The minimum absolute atomic E-state index is 0.116. The highest BCUT2D eigenvalue weighted by Crippen LogP contribution is 2.25. The van der Waals surface area contributed by atoms with Crippen LogP contribution < -0.4 is 10.9 Å². The van der Waals surface area contributed by atoms with Crippen LogP contribution in [0.15, 0.2) is 52.4 Å². The van der Waals surface area contributed by atoms with Crippen molar-refractivity contribution in [3.8, 4) is 5.69 Å². The molecule has 0 radical (unpaired) electrons. The van der Waals surface area contributed by atoms with Gasteiger partial charge in [0, 0.05) is 5.02 Å². The van der Waals surface area contributed by atoms with Crippen molar-refractivity contribution in [3.05, 3.63) is 63.4 Å². The molecule has 0 spiro atoms. The van der Waals surface area contributed by atoms with Gasteiger partial charge in [-0.2, -0.15) is 0 Å². The first-order valence-electron chi connectivity index (χ1n) is 10.3. The van der Waals surface area contributed by atoms with Gasteiger partial charge in [0.2, 0.25) is 5.91 Å². The van der Waals surface area contributed by atoms with E-state index in [0.29, 0.717) is 32.7 Å². The second-order valence-corrected chi connectivity index (χ2v) is 8.53. The molecule has 2 aromatic carbocycles. The number of fused-ring (bicyclic) bond motifs is 1. The highest BCUT2D eigenvalue weighted by atomic mass is 35.5. The fraction of sp³-hybridized carbons (Fsp3) is 0.304. The number of ether oxygens (including phenoxy) is 1. The molecule has 1 aromatic heterocycles. The maximum atomic E-state index is 13.4. The Morgan fingerprint density at radius 1 is 1.19 bits per heavy atom. The number of nitrogens with one attached hydrogen (secondary N) is 1. The molecule has 0 aliphatic carbocycles. The zero-order valence-electron chi connectivity index (χ0n) is 18.1. The van der Waals surface area contributed by atoms with Crippen molar-refractivity contribution in [3.63, 3.8) is 0 Å². The van der Waals surface area contributed by atoms with Crippen molar-refractivity contribution in [2.45, 2.75) is 38.3 Å². The predicted molar refractivity (Wildman–Crippen MR) is 127 cm³/mol. The summed E-state index contributed by atoms with van der Waals surface area (Å²) in [5.41, 5.74) is 1.98. The molecule has 0 aliphatic rings. The molecule has 1 atom stereocenters. The molecule has 7 nitrogen and oxygen atoms in total. The Morgan fingerprint density at radius 2 is 1.91 bits per heavy atom. The summed E-state index contributed by atoms with van der Waals surface area (Å²) in [7, 11) is 0. The van der Waals surface area contributed by atoms with Gasteiger partial charge in [0.15, 0.2) is 5.16 Å². The van der Waals surface area contributed by atoms with Gasteiger partial charge in [-0.15, -0.1) is 0 Å². The number of imide groups is 1. The molecule has 3 aromatic rings. The molecule has 32 heavy (non-hydrogen) atoms. The minimum Gasteiger partial charge on any atom is -0.450 e. The summed E-state index contributed by atoms with van der Waals surface area (Å²) in [6, 6.07) is 12.6. The third-order valence-electron chi connectivity index (χ3n) is 4.98. The third kappa shape index (κ3) is 5.49. The van der Waals surface area contributed by atoms with E-state index in [9.17, 15) is 14.4 Å². The van der Waals surface area contributed by atoms with Crippen LogP contribution in [-0.4, -0.2) is 33.9 Å². The monoisotopic (exact) mass is 473 g/mol. The first-order valence-corrected chi connectivity index (χ1v) is 11.6. The van der Waals surface area contributed by atoms with Crippen LogP contribution in [0.5, 0.6) is 0 Å². The van der Waals surface area contributed by atoms with Crippen LogP contribution in [0.2, 0.25) is 5.02 Å². The number of carbonyl (C=O) groups excluding carboxylic acids is 2. The Hall–Kier alpha value is -2.84. The van der Waals surface area contributed by atoms with Crippen molar-refractivity contribution < 1.29 is 14.3 Å². The van der Waals surface area contributed by atoms with Gasteiger partial charge in [-0.3, -0.25) is 19.5 Å². The third-order valence-corrected chi connectivity index (χ3v) is 6.16. The van der Waals surface area contributed by atoms with Crippen molar-refractivity contribution in [2.75, 3.05) is 12.4 Å². The Labute approximate surface area is 195 Å². The van der Waals surface area contributed by atoms with Crippen molar-refractivity contribution >= 4 is 46.3 Å². The van der Waals surface area contributed by atoms with E-state index >= 15 is 0 Å². The molecule has 1 N–H and O–H groups in total. The second-order valence-electron chi connectivity index (χ2n) is 7.15. The number of hydrogen-bond acceptors (Lipinski definition) is 6. The van der Waals surface area contributed by atoms with Crippen LogP contribution in [0.4, 0.5) is 4.79 Å². The molecule has 1 unspecified atom stereocenters. The molecular weight excluding hydrogens is 450 g/mol. The van der Waals surface area contributed by atoms with Crippen LogP contribution in [0, 0.1) is 0 Å². The summed E-state index contributed by atoms with van der Waals surface area (Å²) in [5.74, 6) is -0.262. The number of nitrogens with zero attached hydrogens (tertiary/aromatic N) is 2. The summed E-state index contributed by atoms with van der Waals surface area (Å²) in [6.45, 7) is 6.07. The van der Waals surface area contributed by atoms with Crippen LogP contribution in [-0.2, 0) is 9.53 Å². The lowest BCUT2D eigenvalue weighted by molar-refractivity contribution is -0.117. The number of thioether (sulfide) groups is 1. The SMILES string of the molecule is CCOC(=O)NC(=O)CSc1nc2ccc(Cl)cc2c(=O)n1-c1ccc(C(C)CC)cc1. The van der Waals surface area contributed by atoms with Crippen LogP contribution >= 0.6 is 23.4 Å². The molecule has 0 saturated carbocycles. The zero-order chi connectivity index (χ0) is 23.3. The van der Waals surface area contributed by atoms with Crippen molar-refractivity contribution in [2.24, 2.45) is 0 Å². The predicted octanol–water partition coefficient (Wildman–Crippen LogP) is 4.92. The first-order chi connectivity index (χ1) is 15.3. The summed E-state index contributed by atoms with van der Waals surface area (Å²) in [5, 5.41) is 3.29. The van der Waals surface area contributed by atoms with E-state index in [0.717, 1.165) is 18.2 Å². The number of amides is 2. The molecule has 9 heteroatoms. The van der Waals surface area contributed by atoms with E-state index in [-0.39, 0.29) is 17.9 Å². The number of rotatable bonds is 7. The Kier molecular flexibility index (Phi) is 7.93. The molecule has 0 saturated heterocycles. The van der Waals surface area contributed by atoms with E-state index < -0.39 is 12.0 Å². The molecule has 1 heterocycles. The fourth-order valence-corrected chi connectivity index (χ4v) is 4.08. The van der Waals surface area contributed by atoms with Gasteiger partial charge in [-0.1, -0.05) is 49.3 Å². The lowest BCUT2D eigenvalue weighted by atomic mass is 9.98. The minimum atomic E-state index is -0.808. The van der Waals surface area contributed by atoms with Crippen LogP contribution in [0.1, 0.15) is 38.7 Å². The van der Waals surface area contributed by atoms with Crippen LogP contribution in [0.3, 0.4) is 0 Å². The Bertz CT molecular complexity index is 1190. The Balaban J connectivity index is 2.01. The van der Waals surface area contributed by atoms with Gasteiger partial charge >= 0.3 is 6.09 Å². The van der Waals surface area contributed by atoms with Gasteiger partial charge in [-0.25, -0.2) is 9.78 Å². The van der Waals surface area contributed by atoms with Crippen molar-refractivity contribution in [1.29, 1.82) is 0 Å². The van der Waals surface area contributed by atoms with E-state index in [2.05, 4.69) is 24.1 Å². The normalized spacial score (nSPS) is 11.9. The lowest BCUT2D eigenvalue weighted by Gasteiger charge is -2.15. The smallest absolute Gasteiger partial charge is 0.413 e. The zero-order valence-corrected chi connectivity index (χ0v) is 19.6. The summed E-state index contributed by atoms with van der Waals surface area (Å²) in [4.78, 5) is 41.6. The number of aromatic nitrogens is 2. The average molecular weight is 474 g/mol. The van der Waals surface area contributed by atoms with Gasteiger partial charge in [-0.05, 0) is 55.2 Å². The van der Waals surface area contributed by atoms with Crippen LogP contribution in [0.25, 0.3) is 16.6 Å². The van der Waals surface area contributed by atoms with Gasteiger partial charge in [0.1, 0.15) is 0 Å². The highest BCUT2D eigenvalue weighted by Gasteiger charge is 2.17. The molecule has 0 bridgehead atoms. The first kappa shape index (κ1) is 23.8. The number of hydrogen-bond donors (Lipinski definition) is 1. The van der Waals surface area contributed by atoms with Gasteiger partial charge in [0.05, 0.1) is 29.0 Å². The molecule has 3 rings (SSSR count). The standard InChI is InChI=1S/C23H24ClN3O4S/c1-4-14(3)15-6-9-17(10-7-15)27-21(29)18-12-16(24)8-11-19(18)25-22(27)32-13-20(28)26-23(30)31-5-2/h6-12,14H,4-5,13H2,1-3H3,(H,26,28,30). The molecule has 0 aliphatic heterocycles. The Morgan fingerprint density at radius 3 is 2.56 bits per heavy atom. The molecular formula is C23H24ClN3O4S. The maximum absolute atomic E-state index is 13.4.